The first-order chi connectivity index (χ1) is 13.0. The highest BCUT2D eigenvalue weighted by Crippen LogP contribution is 2.38. The van der Waals surface area contributed by atoms with Crippen LogP contribution in [0.5, 0.6) is 0 Å². The van der Waals surface area contributed by atoms with Crippen molar-refractivity contribution in [2.24, 2.45) is 0 Å². The third-order valence-electron chi connectivity index (χ3n) is 4.67. The number of sulfone groups is 1. The van der Waals surface area contributed by atoms with Gasteiger partial charge in [-0.15, -0.1) is 11.3 Å². The number of carbonyl (C=O) groups excluding carboxylic acids is 1. The van der Waals surface area contributed by atoms with Gasteiger partial charge in [-0.1, -0.05) is 31.2 Å². The number of hydrogen-bond donors (Lipinski definition) is 1. The van der Waals surface area contributed by atoms with Crippen LogP contribution in [-0.4, -0.2) is 25.1 Å². The fourth-order valence-corrected chi connectivity index (χ4v) is 5.01. The van der Waals surface area contributed by atoms with Crippen molar-refractivity contribution in [3.63, 3.8) is 0 Å². The number of anilines is 1. The van der Waals surface area contributed by atoms with Gasteiger partial charge in [0.15, 0.2) is 15.0 Å². The van der Waals surface area contributed by atoms with Gasteiger partial charge in [-0.25, -0.2) is 13.4 Å². The number of aryl methyl sites for hydroxylation is 2. The molecule has 1 aliphatic rings. The number of rotatable bonds is 4. The largest absolute Gasteiger partial charge is 0.298 e. The van der Waals surface area contributed by atoms with Crippen LogP contribution in [0.1, 0.15) is 27.7 Å². The molecular weight excluding hydrogens is 380 g/mol. The van der Waals surface area contributed by atoms with Gasteiger partial charge in [-0.2, -0.15) is 0 Å². The van der Waals surface area contributed by atoms with Crippen molar-refractivity contribution in [3.8, 4) is 11.3 Å². The van der Waals surface area contributed by atoms with Gasteiger partial charge in [-0.05, 0) is 42.7 Å². The Hall–Kier alpha value is -2.51. The van der Waals surface area contributed by atoms with Crippen LogP contribution in [0.25, 0.3) is 11.3 Å². The van der Waals surface area contributed by atoms with E-state index in [1.165, 1.54) is 46.0 Å². The molecule has 1 N–H and O–H groups in total. The van der Waals surface area contributed by atoms with E-state index in [4.69, 9.17) is 0 Å². The number of nitrogens with one attached hydrogen (secondary N) is 1. The molecule has 27 heavy (non-hydrogen) atoms. The number of hydrogen-bond acceptors (Lipinski definition) is 5. The number of amides is 1. The second kappa shape index (κ2) is 6.90. The lowest BCUT2D eigenvalue weighted by molar-refractivity contribution is 0.102. The zero-order valence-electron chi connectivity index (χ0n) is 14.7. The highest BCUT2D eigenvalue weighted by atomic mass is 32.2. The summed E-state index contributed by atoms with van der Waals surface area (Å²) in [7, 11) is -3.27. The molecule has 0 aliphatic heterocycles. The first-order valence-corrected chi connectivity index (χ1v) is 11.2. The summed E-state index contributed by atoms with van der Waals surface area (Å²) in [4.78, 5) is 18.5. The number of thiazole rings is 1. The summed E-state index contributed by atoms with van der Waals surface area (Å²) in [5.74, 6) is -0.264. The van der Waals surface area contributed by atoms with Crippen LogP contribution in [0, 0.1) is 0 Å². The molecule has 7 heteroatoms. The molecule has 0 unspecified atom stereocenters. The molecule has 0 saturated heterocycles. The smallest absolute Gasteiger partial charge is 0.257 e. The van der Waals surface area contributed by atoms with Gasteiger partial charge in [0.2, 0.25) is 0 Å². The standard InChI is InChI=1S/C20H18N2O3S2/c1-2-27(24,25)15-10-7-14(8-11-15)19(23)22-20-21-18-16-6-4-3-5-13(16)9-12-17(18)26-20/h3-8,10-11H,2,9,12H2,1H3,(H,21,22,23). The lowest BCUT2D eigenvalue weighted by atomic mass is 9.94. The predicted molar refractivity (Wildman–Crippen MR) is 107 cm³/mol. The molecule has 5 nitrogen and oxygen atoms in total. The topological polar surface area (TPSA) is 76.1 Å². The van der Waals surface area contributed by atoms with E-state index in [0.717, 1.165) is 24.1 Å². The first-order valence-electron chi connectivity index (χ1n) is 8.70. The number of carbonyl (C=O) groups is 1. The first kappa shape index (κ1) is 17.9. The Bertz CT molecular complexity index is 1120. The predicted octanol–water partition coefficient (Wildman–Crippen LogP) is 3.95. The van der Waals surface area contributed by atoms with Crippen molar-refractivity contribution in [1.82, 2.24) is 4.98 Å². The fourth-order valence-electron chi connectivity index (χ4n) is 3.15. The van der Waals surface area contributed by atoms with E-state index in [1.54, 1.807) is 6.92 Å². The van der Waals surface area contributed by atoms with Crippen molar-refractivity contribution in [3.05, 3.63) is 64.5 Å². The minimum absolute atomic E-state index is 0.0324. The van der Waals surface area contributed by atoms with Crippen molar-refractivity contribution in [2.75, 3.05) is 11.1 Å². The average molecular weight is 399 g/mol. The Kier molecular flexibility index (Phi) is 4.57. The highest BCUT2D eigenvalue weighted by Gasteiger charge is 2.21. The molecule has 3 aromatic rings. The summed E-state index contributed by atoms with van der Waals surface area (Å²) in [6, 6.07) is 14.2. The highest BCUT2D eigenvalue weighted by molar-refractivity contribution is 7.91. The quantitative estimate of drug-likeness (QED) is 0.722. The van der Waals surface area contributed by atoms with Crippen LogP contribution in [-0.2, 0) is 22.7 Å². The Morgan fingerprint density at radius 1 is 1.11 bits per heavy atom. The lowest BCUT2D eigenvalue weighted by Crippen LogP contribution is -2.12. The molecule has 1 heterocycles. The van der Waals surface area contributed by atoms with E-state index in [0.29, 0.717) is 10.7 Å². The van der Waals surface area contributed by atoms with Gasteiger partial charge in [0.25, 0.3) is 5.91 Å². The van der Waals surface area contributed by atoms with Gasteiger partial charge in [-0.3, -0.25) is 10.1 Å². The van der Waals surface area contributed by atoms with Crippen LogP contribution >= 0.6 is 11.3 Å². The normalized spacial score (nSPS) is 12.9. The van der Waals surface area contributed by atoms with Crippen molar-refractivity contribution in [2.45, 2.75) is 24.7 Å². The van der Waals surface area contributed by atoms with Gasteiger partial charge >= 0.3 is 0 Å². The summed E-state index contributed by atoms with van der Waals surface area (Å²) in [6.07, 6.45) is 1.90. The maximum Gasteiger partial charge on any atom is 0.257 e. The van der Waals surface area contributed by atoms with Crippen LogP contribution < -0.4 is 5.32 Å². The summed E-state index contributed by atoms with van der Waals surface area (Å²) >= 11 is 1.49. The second-order valence-electron chi connectivity index (χ2n) is 6.33. The van der Waals surface area contributed by atoms with E-state index >= 15 is 0 Å². The minimum atomic E-state index is -3.27. The maximum absolute atomic E-state index is 12.5. The van der Waals surface area contributed by atoms with Crippen molar-refractivity contribution < 1.29 is 13.2 Å². The molecule has 0 spiro atoms. The average Bonchev–Trinajstić information content (AvgIpc) is 3.11. The van der Waals surface area contributed by atoms with Crippen molar-refractivity contribution >= 4 is 32.2 Å². The molecule has 0 radical (unpaired) electrons. The van der Waals surface area contributed by atoms with Gasteiger partial charge in [0, 0.05) is 16.0 Å². The molecule has 0 fully saturated rings. The molecular formula is C20H18N2O3S2. The number of benzene rings is 2. The zero-order valence-corrected chi connectivity index (χ0v) is 16.4. The lowest BCUT2D eigenvalue weighted by Gasteiger charge is -2.13. The third kappa shape index (κ3) is 3.40. The third-order valence-corrected chi connectivity index (χ3v) is 7.45. The van der Waals surface area contributed by atoms with E-state index in [-0.39, 0.29) is 16.6 Å². The number of nitrogens with zero attached hydrogens (tertiary/aromatic N) is 1. The molecule has 2 aromatic carbocycles. The van der Waals surface area contributed by atoms with Crippen LogP contribution in [0.4, 0.5) is 5.13 Å². The molecule has 0 atom stereocenters. The van der Waals surface area contributed by atoms with E-state index in [2.05, 4.69) is 22.4 Å². The molecule has 1 aliphatic carbocycles. The Balaban J connectivity index is 1.56. The number of aromatic nitrogens is 1. The van der Waals surface area contributed by atoms with E-state index < -0.39 is 9.84 Å². The summed E-state index contributed by atoms with van der Waals surface area (Å²) in [6.45, 7) is 1.60. The molecule has 1 amide bonds. The summed E-state index contributed by atoms with van der Waals surface area (Å²) in [5, 5.41) is 3.40. The zero-order chi connectivity index (χ0) is 19.0. The molecule has 4 rings (SSSR count). The minimum Gasteiger partial charge on any atom is -0.298 e. The fraction of sp³-hybridized carbons (Fsp3) is 0.200. The Morgan fingerprint density at radius 2 is 1.85 bits per heavy atom. The van der Waals surface area contributed by atoms with E-state index in [9.17, 15) is 13.2 Å². The summed E-state index contributed by atoms with van der Waals surface area (Å²) in [5.41, 5.74) is 3.76. The monoisotopic (exact) mass is 398 g/mol. The molecule has 138 valence electrons. The van der Waals surface area contributed by atoms with Crippen molar-refractivity contribution in [1.29, 1.82) is 0 Å². The van der Waals surface area contributed by atoms with Gasteiger partial charge in [0.1, 0.15) is 0 Å². The molecule has 0 bridgehead atoms. The van der Waals surface area contributed by atoms with Crippen LogP contribution in [0.15, 0.2) is 53.4 Å². The second-order valence-corrected chi connectivity index (χ2v) is 9.69. The SMILES string of the molecule is CCS(=O)(=O)c1ccc(C(=O)Nc2nc3c(s2)CCc2ccccc2-3)cc1. The van der Waals surface area contributed by atoms with E-state index in [1.807, 2.05) is 12.1 Å². The Labute approximate surface area is 162 Å². The van der Waals surface area contributed by atoms with Gasteiger partial charge < -0.3 is 0 Å². The molecule has 0 saturated carbocycles. The van der Waals surface area contributed by atoms with Crippen LogP contribution in [0.2, 0.25) is 0 Å². The molecule has 1 aromatic heterocycles. The van der Waals surface area contributed by atoms with Gasteiger partial charge in [0.05, 0.1) is 16.3 Å². The number of fused-ring (bicyclic) bond motifs is 3. The Morgan fingerprint density at radius 3 is 2.59 bits per heavy atom. The maximum atomic E-state index is 12.5. The summed E-state index contributed by atoms with van der Waals surface area (Å²) < 4.78 is 23.8. The van der Waals surface area contributed by atoms with Crippen LogP contribution in [0.3, 0.4) is 0 Å².